The molecule has 0 saturated heterocycles. The zero-order chi connectivity index (χ0) is 17.5. The fourth-order valence-corrected chi connectivity index (χ4v) is 2.52. The molecular formula is C14H15N5O4S. The van der Waals surface area contributed by atoms with E-state index in [9.17, 15) is 14.4 Å². The van der Waals surface area contributed by atoms with E-state index in [0.29, 0.717) is 10.9 Å². The number of hydrogen-bond acceptors (Lipinski definition) is 8. The van der Waals surface area contributed by atoms with Gasteiger partial charge in [-0.1, -0.05) is 0 Å². The van der Waals surface area contributed by atoms with Crippen LogP contribution in [0.3, 0.4) is 0 Å². The van der Waals surface area contributed by atoms with Gasteiger partial charge in [0.2, 0.25) is 5.95 Å². The number of primary amides is 1. The third-order valence-corrected chi connectivity index (χ3v) is 3.64. The molecule has 10 heteroatoms. The summed E-state index contributed by atoms with van der Waals surface area (Å²) in [4.78, 5) is 44.1. The van der Waals surface area contributed by atoms with E-state index in [-0.39, 0.29) is 12.1 Å². The van der Waals surface area contributed by atoms with Crippen molar-refractivity contribution in [2.24, 2.45) is 5.73 Å². The van der Waals surface area contributed by atoms with Crippen molar-refractivity contribution in [1.82, 2.24) is 9.97 Å². The Bertz CT molecular complexity index is 734. The van der Waals surface area contributed by atoms with E-state index in [1.165, 1.54) is 11.0 Å². The summed E-state index contributed by atoms with van der Waals surface area (Å²) in [5.74, 6) is -1.45. The van der Waals surface area contributed by atoms with Gasteiger partial charge in [0.15, 0.2) is 6.61 Å². The molecule has 0 aromatic carbocycles. The van der Waals surface area contributed by atoms with Crippen LogP contribution >= 0.6 is 11.3 Å². The lowest BCUT2D eigenvalue weighted by Gasteiger charge is -2.15. The maximum Gasteiger partial charge on any atom is 0.326 e. The van der Waals surface area contributed by atoms with Gasteiger partial charge in [-0.2, -0.15) is 0 Å². The normalized spacial score (nSPS) is 10.0. The second kappa shape index (κ2) is 8.02. The van der Waals surface area contributed by atoms with Crippen LogP contribution in [0.2, 0.25) is 0 Å². The number of likely N-dealkylation sites (N-methyl/N-ethyl adjacent to an activating group) is 1. The van der Waals surface area contributed by atoms with Gasteiger partial charge < -0.3 is 20.7 Å². The molecule has 0 radical (unpaired) electrons. The molecule has 0 aliphatic carbocycles. The van der Waals surface area contributed by atoms with Crippen molar-refractivity contribution in [3.8, 4) is 0 Å². The predicted octanol–water partition coefficient (Wildman–Crippen LogP) is 0.255. The number of carbonyl (C=O) groups is 3. The van der Waals surface area contributed by atoms with Crippen molar-refractivity contribution in [3.05, 3.63) is 35.5 Å². The van der Waals surface area contributed by atoms with Crippen LogP contribution in [0.4, 0.5) is 10.9 Å². The average Bonchev–Trinajstić information content (AvgIpc) is 3.02. The first kappa shape index (κ1) is 17.3. The number of esters is 1. The quantitative estimate of drug-likeness (QED) is 0.686. The van der Waals surface area contributed by atoms with Crippen LogP contribution in [0.25, 0.3) is 0 Å². The van der Waals surface area contributed by atoms with E-state index < -0.39 is 24.4 Å². The highest BCUT2D eigenvalue weighted by atomic mass is 32.1. The smallest absolute Gasteiger partial charge is 0.326 e. The number of ether oxygens (including phenoxy) is 1. The number of carbonyl (C=O) groups excluding carboxylic acids is 3. The standard InChI is InChI=1S/C14H15N5O4S/c1-19(14-16-4-2-5-17-14)7-11(21)23-8-10(20)18-13-9(12(15)22)3-6-24-13/h2-6H,7-8H2,1H3,(H2,15,22)(H,18,20). The first-order chi connectivity index (χ1) is 11.5. The molecule has 9 nitrogen and oxygen atoms in total. The van der Waals surface area contributed by atoms with Crippen LogP contribution in [0, 0.1) is 0 Å². The highest BCUT2D eigenvalue weighted by Crippen LogP contribution is 2.22. The Hall–Kier alpha value is -3.01. The van der Waals surface area contributed by atoms with Gasteiger partial charge in [-0.05, 0) is 17.5 Å². The number of nitrogens with two attached hydrogens (primary N) is 1. The first-order valence-corrected chi connectivity index (χ1v) is 7.66. The largest absolute Gasteiger partial charge is 0.454 e. The van der Waals surface area contributed by atoms with Crippen LogP contribution in [0.15, 0.2) is 29.9 Å². The number of nitrogens with one attached hydrogen (secondary N) is 1. The zero-order valence-corrected chi connectivity index (χ0v) is 13.6. The summed E-state index contributed by atoms with van der Waals surface area (Å²) in [6.07, 6.45) is 3.10. The lowest BCUT2D eigenvalue weighted by Crippen LogP contribution is -2.30. The molecule has 2 heterocycles. The molecule has 3 N–H and O–H groups in total. The monoisotopic (exact) mass is 349 g/mol. The number of hydrogen-bond donors (Lipinski definition) is 2. The molecule has 0 aliphatic heterocycles. The number of aromatic nitrogens is 2. The molecular weight excluding hydrogens is 334 g/mol. The molecule has 2 rings (SSSR count). The molecule has 24 heavy (non-hydrogen) atoms. The maximum atomic E-state index is 11.8. The van der Waals surface area contributed by atoms with Gasteiger partial charge >= 0.3 is 5.97 Å². The van der Waals surface area contributed by atoms with Gasteiger partial charge in [-0.25, -0.2) is 9.97 Å². The highest BCUT2D eigenvalue weighted by Gasteiger charge is 2.15. The van der Waals surface area contributed by atoms with Crippen LogP contribution in [0.5, 0.6) is 0 Å². The van der Waals surface area contributed by atoms with E-state index in [0.717, 1.165) is 11.3 Å². The van der Waals surface area contributed by atoms with Crippen molar-refractivity contribution < 1.29 is 19.1 Å². The molecule has 0 atom stereocenters. The Balaban J connectivity index is 1.80. The third kappa shape index (κ3) is 4.74. The molecule has 0 spiro atoms. The SMILES string of the molecule is CN(CC(=O)OCC(=O)Nc1sccc1C(N)=O)c1ncccn1. The molecule has 2 aromatic heterocycles. The third-order valence-electron chi connectivity index (χ3n) is 2.81. The molecule has 126 valence electrons. The number of anilines is 2. The minimum absolute atomic E-state index is 0.108. The second-order valence-electron chi connectivity index (χ2n) is 4.64. The second-order valence-corrected chi connectivity index (χ2v) is 5.56. The summed E-state index contributed by atoms with van der Waals surface area (Å²) in [6, 6.07) is 3.16. The summed E-state index contributed by atoms with van der Waals surface area (Å²) < 4.78 is 4.89. The van der Waals surface area contributed by atoms with Gasteiger partial charge in [0.1, 0.15) is 11.5 Å². The number of rotatable bonds is 7. The number of amides is 2. The van der Waals surface area contributed by atoms with Gasteiger partial charge in [0.05, 0.1) is 5.56 Å². The Morgan fingerprint density at radius 1 is 1.33 bits per heavy atom. The van der Waals surface area contributed by atoms with Crippen LogP contribution in [-0.2, 0) is 14.3 Å². The maximum absolute atomic E-state index is 11.8. The molecule has 0 bridgehead atoms. The fourth-order valence-electron chi connectivity index (χ4n) is 1.71. The summed E-state index contributed by atoms with van der Waals surface area (Å²) in [7, 11) is 1.63. The summed E-state index contributed by atoms with van der Waals surface area (Å²) >= 11 is 1.15. The van der Waals surface area contributed by atoms with Crippen molar-refractivity contribution in [1.29, 1.82) is 0 Å². The first-order valence-electron chi connectivity index (χ1n) is 6.78. The lowest BCUT2D eigenvalue weighted by molar-refractivity contribution is -0.145. The van der Waals surface area contributed by atoms with Crippen LogP contribution in [0.1, 0.15) is 10.4 Å². The highest BCUT2D eigenvalue weighted by molar-refractivity contribution is 7.14. The van der Waals surface area contributed by atoms with E-state index >= 15 is 0 Å². The number of nitrogens with zero attached hydrogens (tertiary/aromatic N) is 3. The molecule has 0 saturated carbocycles. The Labute approximate surface area is 141 Å². The lowest BCUT2D eigenvalue weighted by atomic mass is 10.3. The van der Waals surface area contributed by atoms with E-state index in [1.807, 2.05) is 0 Å². The van der Waals surface area contributed by atoms with Crippen LogP contribution in [-0.4, -0.2) is 48.0 Å². The molecule has 2 aromatic rings. The van der Waals surface area contributed by atoms with Crippen molar-refractivity contribution >= 4 is 40.1 Å². The minimum atomic E-state index is -0.645. The van der Waals surface area contributed by atoms with Gasteiger partial charge in [0, 0.05) is 19.4 Å². The van der Waals surface area contributed by atoms with E-state index in [2.05, 4.69) is 15.3 Å². The van der Waals surface area contributed by atoms with Crippen molar-refractivity contribution in [2.45, 2.75) is 0 Å². The molecule has 0 unspecified atom stereocenters. The zero-order valence-electron chi connectivity index (χ0n) is 12.8. The minimum Gasteiger partial charge on any atom is -0.454 e. The Morgan fingerprint density at radius 2 is 2.04 bits per heavy atom. The van der Waals surface area contributed by atoms with Gasteiger partial charge in [-0.3, -0.25) is 14.4 Å². The topological polar surface area (TPSA) is 128 Å². The summed E-state index contributed by atoms with van der Waals surface area (Å²) in [6.45, 7) is -0.582. The van der Waals surface area contributed by atoms with Crippen LogP contribution < -0.4 is 16.0 Å². The Kier molecular flexibility index (Phi) is 5.79. The summed E-state index contributed by atoms with van der Waals surface area (Å²) in [5.41, 5.74) is 5.39. The molecule has 0 aliphatic rings. The Morgan fingerprint density at radius 3 is 2.71 bits per heavy atom. The average molecular weight is 349 g/mol. The summed E-state index contributed by atoms with van der Waals surface area (Å²) in [5, 5.41) is 4.41. The van der Waals surface area contributed by atoms with Crippen molar-refractivity contribution in [2.75, 3.05) is 30.4 Å². The van der Waals surface area contributed by atoms with E-state index in [1.54, 1.807) is 30.9 Å². The van der Waals surface area contributed by atoms with E-state index in [4.69, 9.17) is 10.5 Å². The fraction of sp³-hybridized carbons (Fsp3) is 0.214. The molecule has 0 fully saturated rings. The number of thiophene rings is 1. The molecule has 2 amide bonds. The predicted molar refractivity (Wildman–Crippen MR) is 87.7 cm³/mol. The van der Waals surface area contributed by atoms with Gasteiger partial charge in [-0.15, -0.1) is 11.3 Å². The van der Waals surface area contributed by atoms with Gasteiger partial charge in [0.25, 0.3) is 11.8 Å². The van der Waals surface area contributed by atoms with Crippen molar-refractivity contribution in [3.63, 3.8) is 0 Å².